The van der Waals surface area contributed by atoms with Crippen LogP contribution >= 0.6 is 11.6 Å². The van der Waals surface area contributed by atoms with Crippen molar-refractivity contribution in [1.82, 2.24) is 15.6 Å². The smallest absolute Gasteiger partial charge is 0.291 e. The first-order valence-electron chi connectivity index (χ1n) is 6.93. The monoisotopic (exact) mass is 346 g/mol. The second-order valence-electron chi connectivity index (χ2n) is 4.97. The quantitative estimate of drug-likeness (QED) is 0.560. The summed E-state index contributed by atoms with van der Waals surface area (Å²) in [4.78, 5) is 11.8. The summed E-state index contributed by atoms with van der Waals surface area (Å²) in [7, 11) is 0. The van der Waals surface area contributed by atoms with E-state index in [4.69, 9.17) is 16.0 Å². The van der Waals surface area contributed by atoms with E-state index in [0.29, 0.717) is 17.1 Å². The lowest BCUT2D eigenvalue weighted by molar-refractivity contribution is 0.0950. The molecule has 2 heterocycles. The Balaban J connectivity index is 1.67. The minimum absolute atomic E-state index is 0.0145. The van der Waals surface area contributed by atoms with Gasteiger partial charge in [-0.1, -0.05) is 11.6 Å². The van der Waals surface area contributed by atoms with Crippen LogP contribution in [0, 0.1) is 12.7 Å². The molecule has 0 spiro atoms. The van der Waals surface area contributed by atoms with E-state index in [1.807, 2.05) is 0 Å². The SMILES string of the molecule is Cc1cc(C(=O)NN=Cc2ccc(-c3ccc(F)c(Cl)c3)o2)n[nH]1. The van der Waals surface area contributed by atoms with Crippen LogP contribution in [0.3, 0.4) is 0 Å². The number of carbonyl (C=O) groups excluding carboxylic acids is 1. The number of halogens is 2. The zero-order valence-corrected chi connectivity index (χ0v) is 13.3. The summed E-state index contributed by atoms with van der Waals surface area (Å²) >= 11 is 5.75. The average molecular weight is 347 g/mol. The highest BCUT2D eigenvalue weighted by Crippen LogP contribution is 2.26. The van der Waals surface area contributed by atoms with Gasteiger partial charge in [-0.25, -0.2) is 9.82 Å². The van der Waals surface area contributed by atoms with E-state index in [0.717, 1.165) is 5.69 Å². The Morgan fingerprint density at radius 2 is 2.21 bits per heavy atom. The summed E-state index contributed by atoms with van der Waals surface area (Å²) in [6.07, 6.45) is 1.35. The van der Waals surface area contributed by atoms with Gasteiger partial charge in [0.1, 0.15) is 17.3 Å². The fourth-order valence-electron chi connectivity index (χ4n) is 1.97. The van der Waals surface area contributed by atoms with Crippen LogP contribution in [0.2, 0.25) is 5.02 Å². The van der Waals surface area contributed by atoms with Crippen LogP contribution in [0.4, 0.5) is 4.39 Å². The summed E-state index contributed by atoms with van der Waals surface area (Å²) in [6.45, 7) is 1.79. The lowest BCUT2D eigenvalue weighted by atomic mass is 10.2. The van der Waals surface area contributed by atoms with Gasteiger partial charge in [-0.15, -0.1) is 0 Å². The largest absolute Gasteiger partial charge is 0.455 e. The van der Waals surface area contributed by atoms with Crippen LogP contribution in [-0.4, -0.2) is 22.3 Å². The Morgan fingerprint density at radius 3 is 2.92 bits per heavy atom. The predicted molar refractivity (Wildman–Crippen MR) is 87.5 cm³/mol. The number of hydrazone groups is 1. The zero-order valence-electron chi connectivity index (χ0n) is 12.5. The maximum atomic E-state index is 13.2. The van der Waals surface area contributed by atoms with Crippen molar-refractivity contribution in [2.75, 3.05) is 0 Å². The zero-order chi connectivity index (χ0) is 17.1. The number of amides is 1. The van der Waals surface area contributed by atoms with Gasteiger partial charge in [-0.3, -0.25) is 9.89 Å². The fourth-order valence-corrected chi connectivity index (χ4v) is 2.15. The number of aryl methyl sites for hydroxylation is 1. The van der Waals surface area contributed by atoms with Crippen LogP contribution in [0.15, 0.2) is 45.9 Å². The summed E-state index contributed by atoms with van der Waals surface area (Å²) < 4.78 is 18.7. The van der Waals surface area contributed by atoms with E-state index in [1.54, 1.807) is 31.2 Å². The molecule has 1 amide bonds. The van der Waals surface area contributed by atoms with E-state index in [2.05, 4.69) is 20.7 Å². The normalized spacial score (nSPS) is 11.1. The number of aromatic amines is 1. The van der Waals surface area contributed by atoms with E-state index in [1.165, 1.54) is 18.3 Å². The Morgan fingerprint density at radius 1 is 1.38 bits per heavy atom. The number of nitrogens with zero attached hydrogens (tertiary/aromatic N) is 2. The molecule has 0 aliphatic rings. The highest BCUT2D eigenvalue weighted by molar-refractivity contribution is 6.31. The van der Waals surface area contributed by atoms with Gasteiger partial charge in [-0.2, -0.15) is 10.2 Å². The number of hydrogen-bond acceptors (Lipinski definition) is 4. The first kappa shape index (κ1) is 15.9. The van der Waals surface area contributed by atoms with Crippen molar-refractivity contribution in [3.05, 3.63) is 64.4 Å². The molecule has 3 rings (SSSR count). The number of aromatic nitrogens is 2. The number of nitrogens with one attached hydrogen (secondary N) is 2. The predicted octanol–water partition coefficient (Wildman–Crippen LogP) is 3.53. The van der Waals surface area contributed by atoms with Crippen LogP contribution < -0.4 is 5.43 Å². The van der Waals surface area contributed by atoms with Gasteiger partial charge in [0.15, 0.2) is 5.69 Å². The fraction of sp³-hybridized carbons (Fsp3) is 0.0625. The standard InChI is InChI=1S/C16H12ClFN4O2/c1-9-6-14(21-20-9)16(23)22-19-8-11-3-5-15(24-11)10-2-4-13(18)12(17)7-10/h2-8H,1H3,(H,20,21)(H,22,23). The van der Waals surface area contributed by atoms with Gasteiger partial charge in [0.05, 0.1) is 11.2 Å². The Hall–Kier alpha value is -2.93. The van der Waals surface area contributed by atoms with Gasteiger partial charge < -0.3 is 4.42 Å². The number of furan rings is 1. The Labute approximate surface area is 141 Å². The molecule has 0 unspecified atom stereocenters. The van der Waals surface area contributed by atoms with Crippen LogP contribution in [0.5, 0.6) is 0 Å². The number of rotatable bonds is 4. The summed E-state index contributed by atoms with van der Waals surface area (Å²) in [5, 5.41) is 10.3. The topological polar surface area (TPSA) is 83.3 Å². The molecule has 122 valence electrons. The third-order valence-electron chi connectivity index (χ3n) is 3.13. The lowest BCUT2D eigenvalue weighted by Gasteiger charge is -1.98. The van der Waals surface area contributed by atoms with E-state index in [-0.39, 0.29) is 10.7 Å². The molecule has 1 aromatic carbocycles. The van der Waals surface area contributed by atoms with Crippen molar-refractivity contribution >= 4 is 23.7 Å². The molecule has 0 aliphatic heterocycles. The van der Waals surface area contributed by atoms with Crippen molar-refractivity contribution in [1.29, 1.82) is 0 Å². The second-order valence-corrected chi connectivity index (χ2v) is 5.37. The molecule has 2 N–H and O–H groups in total. The molecule has 24 heavy (non-hydrogen) atoms. The molecule has 0 atom stereocenters. The molecule has 6 nitrogen and oxygen atoms in total. The third-order valence-corrected chi connectivity index (χ3v) is 3.42. The van der Waals surface area contributed by atoms with Crippen molar-refractivity contribution < 1.29 is 13.6 Å². The van der Waals surface area contributed by atoms with Crippen LogP contribution in [0.25, 0.3) is 11.3 Å². The van der Waals surface area contributed by atoms with Crippen LogP contribution in [0.1, 0.15) is 21.9 Å². The van der Waals surface area contributed by atoms with E-state index < -0.39 is 11.7 Å². The molecule has 3 aromatic rings. The van der Waals surface area contributed by atoms with Gasteiger partial charge in [-0.05, 0) is 43.3 Å². The number of benzene rings is 1. The van der Waals surface area contributed by atoms with Crippen molar-refractivity contribution in [2.45, 2.75) is 6.92 Å². The van der Waals surface area contributed by atoms with Gasteiger partial charge in [0.25, 0.3) is 5.91 Å². The molecule has 0 aliphatic carbocycles. The molecular weight excluding hydrogens is 335 g/mol. The highest BCUT2D eigenvalue weighted by Gasteiger charge is 2.09. The first-order valence-corrected chi connectivity index (χ1v) is 7.31. The van der Waals surface area contributed by atoms with E-state index in [9.17, 15) is 9.18 Å². The maximum absolute atomic E-state index is 13.2. The van der Waals surface area contributed by atoms with E-state index >= 15 is 0 Å². The molecular formula is C16H12ClFN4O2. The van der Waals surface area contributed by atoms with Crippen LogP contribution in [-0.2, 0) is 0 Å². The number of carbonyl (C=O) groups is 1. The Bertz CT molecular complexity index is 916. The van der Waals surface area contributed by atoms with Gasteiger partial charge in [0, 0.05) is 11.3 Å². The molecule has 0 fully saturated rings. The third kappa shape index (κ3) is 3.52. The molecule has 2 aromatic heterocycles. The molecule has 0 saturated carbocycles. The minimum atomic E-state index is -0.495. The summed E-state index contributed by atoms with van der Waals surface area (Å²) in [5.41, 5.74) is 4.00. The number of H-pyrrole nitrogens is 1. The van der Waals surface area contributed by atoms with Crippen molar-refractivity contribution in [3.8, 4) is 11.3 Å². The molecule has 8 heteroatoms. The average Bonchev–Trinajstić information content (AvgIpc) is 3.19. The lowest BCUT2D eigenvalue weighted by Crippen LogP contribution is -2.17. The highest BCUT2D eigenvalue weighted by atomic mass is 35.5. The van der Waals surface area contributed by atoms with Crippen molar-refractivity contribution in [2.24, 2.45) is 5.10 Å². The minimum Gasteiger partial charge on any atom is -0.455 e. The van der Waals surface area contributed by atoms with Crippen molar-refractivity contribution in [3.63, 3.8) is 0 Å². The second kappa shape index (κ2) is 6.67. The first-order chi connectivity index (χ1) is 11.5. The summed E-state index contributed by atoms with van der Waals surface area (Å²) in [5.74, 6) is -0.00525. The maximum Gasteiger partial charge on any atom is 0.291 e. The molecule has 0 radical (unpaired) electrons. The Kier molecular flexibility index (Phi) is 4.43. The van der Waals surface area contributed by atoms with Gasteiger partial charge in [0.2, 0.25) is 0 Å². The molecule has 0 saturated heterocycles. The number of hydrogen-bond donors (Lipinski definition) is 2. The summed E-state index contributed by atoms with van der Waals surface area (Å²) in [6, 6.07) is 9.26. The van der Waals surface area contributed by atoms with Gasteiger partial charge >= 0.3 is 0 Å². The molecule has 0 bridgehead atoms.